The Hall–Kier alpha value is -2.16. The standard InChI is InChI=1S/C22H24BrN3O3S/c1-3-16-4-9-20-17(14-16)15-21(22(27)25-12-10-24(2)11-13-25)26(20)30(28,29)19-7-5-18(23)6-8-19/h4-9,14-15H,3,10-13H2,1-2H3. The highest BCUT2D eigenvalue weighted by molar-refractivity contribution is 9.10. The molecule has 1 aromatic heterocycles. The van der Waals surface area contributed by atoms with Crippen LogP contribution in [0.15, 0.2) is 57.9 Å². The Bertz CT molecular complexity index is 1190. The van der Waals surface area contributed by atoms with Gasteiger partial charge in [-0.3, -0.25) is 4.79 Å². The van der Waals surface area contributed by atoms with Gasteiger partial charge in [-0.2, -0.15) is 0 Å². The van der Waals surface area contributed by atoms with Crippen LogP contribution >= 0.6 is 15.9 Å². The lowest BCUT2D eigenvalue weighted by molar-refractivity contribution is 0.0657. The van der Waals surface area contributed by atoms with E-state index < -0.39 is 10.0 Å². The fraction of sp³-hybridized carbons (Fsp3) is 0.318. The maximum absolute atomic E-state index is 13.6. The number of benzene rings is 2. The Labute approximate surface area is 185 Å². The minimum Gasteiger partial charge on any atom is -0.335 e. The summed E-state index contributed by atoms with van der Waals surface area (Å²) >= 11 is 3.34. The first-order valence-electron chi connectivity index (χ1n) is 9.94. The van der Waals surface area contributed by atoms with E-state index in [0.29, 0.717) is 18.6 Å². The predicted octanol–water partition coefficient (Wildman–Crippen LogP) is 3.59. The fourth-order valence-electron chi connectivity index (χ4n) is 3.75. The summed E-state index contributed by atoms with van der Waals surface area (Å²) in [5.74, 6) is -0.252. The van der Waals surface area contributed by atoms with Crippen molar-refractivity contribution in [3.8, 4) is 0 Å². The second-order valence-corrected chi connectivity index (χ2v) is 10.3. The molecule has 3 aromatic rings. The molecule has 0 bridgehead atoms. The van der Waals surface area contributed by atoms with E-state index in [9.17, 15) is 13.2 Å². The lowest BCUT2D eigenvalue weighted by atomic mass is 10.1. The van der Waals surface area contributed by atoms with Crippen LogP contribution in [0.4, 0.5) is 0 Å². The third-order valence-corrected chi connectivity index (χ3v) is 7.86. The van der Waals surface area contributed by atoms with E-state index in [-0.39, 0.29) is 16.5 Å². The van der Waals surface area contributed by atoms with E-state index in [2.05, 4.69) is 20.8 Å². The van der Waals surface area contributed by atoms with Gasteiger partial charge < -0.3 is 9.80 Å². The van der Waals surface area contributed by atoms with Crippen LogP contribution in [-0.4, -0.2) is 61.3 Å². The van der Waals surface area contributed by atoms with Crippen LogP contribution in [0.5, 0.6) is 0 Å². The molecule has 4 rings (SSSR count). The number of piperazine rings is 1. The normalized spacial score (nSPS) is 15.6. The van der Waals surface area contributed by atoms with Crippen molar-refractivity contribution in [3.63, 3.8) is 0 Å². The van der Waals surface area contributed by atoms with Crippen molar-refractivity contribution in [1.82, 2.24) is 13.8 Å². The monoisotopic (exact) mass is 489 g/mol. The molecular formula is C22H24BrN3O3S. The molecule has 0 atom stereocenters. The average Bonchev–Trinajstić information content (AvgIpc) is 3.13. The van der Waals surface area contributed by atoms with Gasteiger partial charge in [0.2, 0.25) is 0 Å². The Morgan fingerprint density at radius 2 is 1.67 bits per heavy atom. The molecule has 8 heteroatoms. The number of hydrogen-bond acceptors (Lipinski definition) is 4. The molecule has 1 saturated heterocycles. The lowest BCUT2D eigenvalue weighted by Gasteiger charge is -2.32. The largest absolute Gasteiger partial charge is 0.335 e. The van der Waals surface area contributed by atoms with Gasteiger partial charge in [-0.05, 0) is 61.5 Å². The molecule has 1 aliphatic rings. The van der Waals surface area contributed by atoms with E-state index in [1.165, 1.54) is 3.97 Å². The second kappa shape index (κ2) is 8.17. The summed E-state index contributed by atoms with van der Waals surface area (Å²) in [5, 5.41) is 0.757. The van der Waals surface area contributed by atoms with Gasteiger partial charge in [0.25, 0.3) is 15.9 Å². The number of aromatic nitrogens is 1. The van der Waals surface area contributed by atoms with Crippen molar-refractivity contribution in [2.45, 2.75) is 18.2 Å². The van der Waals surface area contributed by atoms with Crippen molar-refractivity contribution in [2.24, 2.45) is 0 Å². The van der Waals surface area contributed by atoms with Gasteiger partial charge >= 0.3 is 0 Å². The van der Waals surface area contributed by atoms with Gasteiger partial charge in [-0.1, -0.05) is 28.9 Å². The molecular weight excluding hydrogens is 466 g/mol. The smallest absolute Gasteiger partial charge is 0.271 e. The van der Waals surface area contributed by atoms with Gasteiger partial charge in [-0.15, -0.1) is 0 Å². The summed E-state index contributed by atoms with van der Waals surface area (Å²) in [6, 6.07) is 13.9. The molecule has 0 aliphatic carbocycles. The molecule has 1 amide bonds. The number of carbonyl (C=O) groups is 1. The van der Waals surface area contributed by atoms with Crippen molar-refractivity contribution in [3.05, 3.63) is 64.3 Å². The Morgan fingerprint density at radius 1 is 1.00 bits per heavy atom. The first-order valence-corrected chi connectivity index (χ1v) is 12.2. The number of hydrogen-bond donors (Lipinski definition) is 0. The average molecular weight is 490 g/mol. The maximum atomic E-state index is 13.6. The number of rotatable bonds is 4. The summed E-state index contributed by atoms with van der Waals surface area (Å²) in [6.07, 6.45) is 0.836. The molecule has 30 heavy (non-hydrogen) atoms. The summed E-state index contributed by atoms with van der Waals surface area (Å²) in [5.41, 5.74) is 1.80. The maximum Gasteiger partial charge on any atom is 0.271 e. The molecule has 6 nitrogen and oxygen atoms in total. The molecule has 0 spiro atoms. The zero-order chi connectivity index (χ0) is 21.5. The van der Waals surface area contributed by atoms with E-state index in [4.69, 9.17) is 0 Å². The summed E-state index contributed by atoms with van der Waals surface area (Å²) in [4.78, 5) is 17.4. The zero-order valence-electron chi connectivity index (χ0n) is 17.0. The second-order valence-electron chi connectivity index (χ2n) is 7.60. The molecule has 0 radical (unpaired) electrons. The third kappa shape index (κ3) is 3.79. The van der Waals surface area contributed by atoms with Crippen LogP contribution < -0.4 is 0 Å². The van der Waals surface area contributed by atoms with Gasteiger partial charge in [0, 0.05) is 36.0 Å². The number of aryl methyl sites for hydroxylation is 1. The van der Waals surface area contributed by atoms with E-state index in [1.54, 1.807) is 41.3 Å². The van der Waals surface area contributed by atoms with Gasteiger partial charge in [-0.25, -0.2) is 12.4 Å². The van der Waals surface area contributed by atoms with E-state index in [1.807, 2.05) is 26.1 Å². The fourth-order valence-corrected chi connectivity index (χ4v) is 5.52. The summed E-state index contributed by atoms with van der Waals surface area (Å²) < 4.78 is 29.2. The summed E-state index contributed by atoms with van der Waals surface area (Å²) in [7, 11) is -1.93. The lowest BCUT2D eigenvalue weighted by Crippen LogP contribution is -2.47. The Morgan fingerprint density at radius 3 is 2.30 bits per heavy atom. The van der Waals surface area contributed by atoms with Crippen LogP contribution in [0.25, 0.3) is 10.9 Å². The first-order chi connectivity index (χ1) is 14.3. The van der Waals surface area contributed by atoms with Crippen LogP contribution in [0.3, 0.4) is 0 Å². The van der Waals surface area contributed by atoms with E-state index >= 15 is 0 Å². The number of fused-ring (bicyclic) bond motifs is 1. The Kier molecular flexibility index (Phi) is 5.74. The predicted molar refractivity (Wildman–Crippen MR) is 121 cm³/mol. The van der Waals surface area contributed by atoms with Crippen LogP contribution in [0.2, 0.25) is 0 Å². The van der Waals surface area contributed by atoms with Crippen LogP contribution in [0, 0.1) is 0 Å². The zero-order valence-corrected chi connectivity index (χ0v) is 19.4. The van der Waals surface area contributed by atoms with Crippen LogP contribution in [0.1, 0.15) is 23.0 Å². The van der Waals surface area contributed by atoms with Crippen LogP contribution in [-0.2, 0) is 16.4 Å². The number of likely N-dealkylation sites (N-methyl/N-ethyl adjacent to an activating group) is 1. The molecule has 2 aromatic carbocycles. The highest BCUT2D eigenvalue weighted by atomic mass is 79.9. The highest BCUT2D eigenvalue weighted by Gasteiger charge is 2.30. The molecule has 0 saturated carbocycles. The van der Waals surface area contributed by atoms with Crippen molar-refractivity contribution in [1.29, 1.82) is 0 Å². The topological polar surface area (TPSA) is 62.6 Å². The number of amides is 1. The molecule has 0 N–H and O–H groups in total. The minimum absolute atomic E-state index is 0.148. The van der Waals surface area contributed by atoms with E-state index in [0.717, 1.165) is 34.9 Å². The highest BCUT2D eigenvalue weighted by Crippen LogP contribution is 2.28. The number of carbonyl (C=O) groups excluding carboxylic acids is 1. The molecule has 2 heterocycles. The van der Waals surface area contributed by atoms with Crippen molar-refractivity contribution in [2.75, 3.05) is 33.2 Å². The van der Waals surface area contributed by atoms with Gasteiger partial charge in [0.1, 0.15) is 5.69 Å². The quantitative estimate of drug-likeness (QED) is 0.561. The third-order valence-electron chi connectivity index (χ3n) is 5.59. The molecule has 158 valence electrons. The molecule has 0 unspecified atom stereocenters. The SMILES string of the molecule is CCc1ccc2c(c1)cc(C(=O)N1CCN(C)CC1)n2S(=O)(=O)c1ccc(Br)cc1. The van der Waals surface area contributed by atoms with Crippen molar-refractivity contribution >= 4 is 42.8 Å². The minimum atomic E-state index is -3.95. The number of nitrogens with zero attached hydrogens (tertiary/aromatic N) is 3. The van der Waals surface area contributed by atoms with Crippen molar-refractivity contribution < 1.29 is 13.2 Å². The molecule has 1 fully saturated rings. The first kappa shape index (κ1) is 21.1. The molecule has 1 aliphatic heterocycles. The summed E-state index contributed by atoms with van der Waals surface area (Å²) in [6.45, 7) is 4.74. The Balaban J connectivity index is 1.89. The van der Waals surface area contributed by atoms with Gasteiger partial charge in [0.15, 0.2) is 0 Å². The number of halogens is 1. The van der Waals surface area contributed by atoms with Gasteiger partial charge in [0.05, 0.1) is 10.4 Å².